The molecule has 0 atom stereocenters. The molecule has 0 saturated carbocycles. The van der Waals surface area contributed by atoms with E-state index in [1.165, 1.54) is 0 Å². The Balaban J connectivity index is 2.69. The lowest BCUT2D eigenvalue weighted by Crippen LogP contribution is -2.32. The summed E-state index contributed by atoms with van der Waals surface area (Å²) in [5.74, 6) is 1.10. The summed E-state index contributed by atoms with van der Waals surface area (Å²) in [5.41, 5.74) is 5.78. The van der Waals surface area contributed by atoms with Crippen LogP contribution in [0.2, 0.25) is 0 Å². The lowest BCUT2D eigenvalue weighted by molar-refractivity contribution is 0.0958. The van der Waals surface area contributed by atoms with E-state index in [2.05, 4.69) is 17.5 Å². The molecule has 0 radical (unpaired) electrons. The quantitative estimate of drug-likeness (QED) is 0.731. The molecule has 3 N–H and O–H groups in total. The van der Waals surface area contributed by atoms with Crippen LogP contribution in [-0.4, -0.2) is 17.4 Å². The number of amides is 1. The predicted molar refractivity (Wildman–Crippen MR) is 57.3 cm³/mol. The summed E-state index contributed by atoms with van der Waals surface area (Å²) in [6.45, 7) is 3.73. The predicted octanol–water partition coefficient (Wildman–Crippen LogP) is 0.912. The highest BCUT2D eigenvalue weighted by Crippen LogP contribution is 2.12. The van der Waals surface area contributed by atoms with Gasteiger partial charge in [0.1, 0.15) is 11.5 Å². The average Bonchev–Trinajstić information content (AvgIpc) is 2.41. The summed E-state index contributed by atoms with van der Waals surface area (Å²) in [7, 11) is 0. The highest BCUT2D eigenvalue weighted by atomic mass is 32.1. The molecule has 4 nitrogen and oxygen atoms in total. The monoisotopic (exact) mass is 212 g/mol. The van der Waals surface area contributed by atoms with Gasteiger partial charge in [-0.2, -0.15) is 0 Å². The molecule has 0 fully saturated rings. The van der Waals surface area contributed by atoms with Crippen LogP contribution in [0.15, 0.2) is 10.5 Å². The van der Waals surface area contributed by atoms with Gasteiger partial charge >= 0.3 is 0 Å². The molecule has 0 aliphatic carbocycles. The van der Waals surface area contributed by atoms with Crippen LogP contribution < -0.4 is 11.1 Å². The summed E-state index contributed by atoms with van der Waals surface area (Å²) in [5, 5.41) is 2.59. The van der Waals surface area contributed by atoms with Crippen molar-refractivity contribution in [3.63, 3.8) is 0 Å². The minimum Gasteiger partial charge on any atom is -0.466 e. The smallest absolute Gasteiger partial charge is 0.255 e. The Morgan fingerprint density at radius 3 is 2.71 bits per heavy atom. The third-order valence-corrected chi connectivity index (χ3v) is 1.85. The van der Waals surface area contributed by atoms with E-state index in [1.807, 2.05) is 0 Å². The highest BCUT2D eigenvalue weighted by molar-refractivity contribution is 7.80. The molecule has 0 saturated heterocycles. The van der Waals surface area contributed by atoms with Gasteiger partial charge in [-0.05, 0) is 19.9 Å². The number of hydrogen-bond acceptors (Lipinski definition) is 3. The van der Waals surface area contributed by atoms with Gasteiger partial charge in [0.05, 0.1) is 17.1 Å². The normalized spacial score (nSPS) is 9.86. The van der Waals surface area contributed by atoms with Crippen molar-refractivity contribution in [3.8, 4) is 0 Å². The fourth-order valence-electron chi connectivity index (χ4n) is 1.12. The van der Waals surface area contributed by atoms with Gasteiger partial charge in [0, 0.05) is 0 Å². The Hall–Kier alpha value is -1.36. The first kappa shape index (κ1) is 10.7. The SMILES string of the molecule is Cc1cc(C(=O)NCC(N)=S)c(C)o1. The third-order valence-electron chi connectivity index (χ3n) is 1.71. The molecule has 5 heteroatoms. The number of carbonyl (C=O) groups is 1. The molecule has 1 aromatic heterocycles. The second-order valence-electron chi connectivity index (χ2n) is 2.98. The van der Waals surface area contributed by atoms with E-state index < -0.39 is 0 Å². The van der Waals surface area contributed by atoms with Crippen LogP contribution >= 0.6 is 12.2 Å². The molecule has 14 heavy (non-hydrogen) atoms. The van der Waals surface area contributed by atoms with E-state index in [4.69, 9.17) is 10.2 Å². The Bertz CT molecular complexity index is 371. The zero-order valence-electron chi connectivity index (χ0n) is 8.09. The van der Waals surface area contributed by atoms with E-state index in [1.54, 1.807) is 19.9 Å². The number of aryl methyl sites for hydroxylation is 2. The van der Waals surface area contributed by atoms with Crippen LogP contribution in [-0.2, 0) is 0 Å². The zero-order valence-corrected chi connectivity index (χ0v) is 8.90. The fraction of sp³-hybridized carbons (Fsp3) is 0.333. The van der Waals surface area contributed by atoms with Crippen LogP contribution in [0.3, 0.4) is 0 Å². The molecule has 1 heterocycles. The van der Waals surface area contributed by atoms with Crippen LogP contribution in [0.1, 0.15) is 21.9 Å². The van der Waals surface area contributed by atoms with E-state index in [0.29, 0.717) is 17.1 Å². The first-order chi connectivity index (χ1) is 6.50. The van der Waals surface area contributed by atoms with Crippen molar-refractivity contribution in [2.75, 3.05) is 6.54 Å². The molecule has 1 rings (SSSR count). The maximum absolute atomic E-state index is 11.5. The number of carbonyl (C=O) groups excluding carboxylic acids is 1. The molecular formula is C9H12N2O2S. The van der Waals surface area contributed by atoms with E-state index >= 15 is 0 Å². The van der Waals surface area contributed by atoms with Gasteiger partial charge in [-0.3, -0.25) is 4.79 Å². The second-order valence-corrected chi connectivity index (χ2v) is 3.50. The maximum atomic E-state index is 11.5. The molecule has 76 valence electrons. The van der Waals surface area contributed by atoms with Crippen LogP contribution in [0, 0.1) is 13.8 Å². The van der Waals surface area contributed by atoms with Gasteiger partial charge in [0.25, 0.3) is 5.91 Å². The molecule has 1 aromatic rings. The van der Waals surface area contributed by atoms with Gasteiger partial charge in [-0.1, -0.05) is 12.2 Å². The van der Waals surface area contributed by atoms with E-state index in [0.717, 1.165) is 0 Å². The first-order valence-electron chi connectivity index (χ1n) is 4.14. The third kappa shape index (κ3) is 2.56. The molecule has 0 aromatic carbocycles. The lowest BCUT2D eigenvalue weighted by atomic mass is 10.2. The van der Waals surface area contributed by atoms with Gasteiger partial charge in [-0.25, -0.2) is 0 Å². The van der Waals surface area contributed by atoms with Gasteiger partial charge in [0.15, 0.2) is 0 Å². The van der Waals surface area contributed by atoms with Crippen molar-refractivity contribution in [1.29, 1.82) is 0 Å². The lowest BCUT2D eigenvalue weighted by Gasteiger charge is -2.01. The Kier molecular flexibility index (Phi) is 3.24. The summed E-state index contributed by atoms with van der Waals surface area (Å²) >= 11 is 4.64. The van der Waals surface area contributed by atoms with Crippen molar-refractivity contribution >= 4 is 23.1 Å². The van der Waals surface area contributed by atoms with Crippen LogP contribution in [0.25, 0.3) is 0 Å². The minimum absolute atomic E-state index is 0.206. The summed E-state index contributed by atoms with van der Waals surface area (Å²) in [6.07, 6.45) is 0. The highest BCUT2D eigenvalue weighted by Gasteiger charge is 2.12. The Morgan fingerprint density at radius 2 is 2.29 bits per heavy atom. The topological polar surface area (TPSA) is 68.3 Å². The summed E-state index contributed by atoms with van der Waals surface area (Å²) in [4.78, 5) is 11.8. The van der Waals surface area contributed by atoms with Crippen molar-refractivity contribution in [1.82, 2.24) is 5.32 Å². The molecule has 0 aliphatic heterocycles. The van der Waals surface area contributed by atoms with Crippen LogP contribution in [0.5, 0.6) is 0 Å². The van der Waals surface area contributed by atoms with Gasteiger partial charge in [-0.15, -0.1) is 0 Å². The van der Waals surface area contributed by atoms with E-state index in [9.17, 15) is 4.79 Å². The van der Waals surface area contributed by atoms with Crippen molar-refractivity contribution < 1.29 is 9.21 Å². The molecule has 1 amide bonds. The maximum Gasteiger partial charge on any atom is 0.255 e. The number of furan rings is 1. The number of rotatable bonds is 3. The number of nitrogens with two attached hydrogens (primary N) is 1. The molecule has 0 aliphatic rings. The first-order valence-corrected chi connectivity index (χ1v) is 4.55. The van der Waals surface area contributed by atoms with Crippen LogP contribution in [0.4, 0.5) is 0 Å². The van der Waals surface area contributed by atoms with E-state index in [-0.39, 0.29) is 17.4 Å². The zero-order chi connectivity index (χ0) is 10.7. The molecule has 0 unspecified atom stereocenters. The Labute approximate surface area is 87.5 Å². The fourth-order valence-corrected chi connectivity index (χ4v) is 1.19. The summed E-state index contributed by atoms with van der Waals surface area (Å²) in [6, 6.07) is 1.68. The van der Waals surface area contributed by atoms with Gasteiger partial charge < -0.3 is 15.5 Å². The number of hydrogen-bond donors (Lipinski definition) is 2. The summed E-state index contributed by atoms with van der Waals surface area (Å²) < 4.78 is 5.22. The molecular weight excluding hydrogens is 200 g/mol. The van der Waals surface area contributed by atoms with Gasteiger partial charge in [0.2, 0.25) is 0 Å². The largest absolute Gasteiger partial charge is 0.466 e. The number of thiocarbonyl (C=S) groups is 1. The van der Waals surface area contributed by atoms with Crippen molar-refractivity contribution in [3.05, 3.63) is 23.2 Å². The number of nitrogens with one attached hydrogen (secondary N) is 1. The van der Waals surface area contributed by atoms with Crippen molar-refractivity contribution in [2.24, 2.45) is 5.73 Å². The molecule has 0 bridgehead atoms. The average molecular weight is 212 g/mol. The van der Waals surface area contributed by atoms with Crippen molar-refractivity contribution in [2.45, 2.75) is 13.8 Å². The Morgan fingerprint density at radius 1 is 1.64 bits per heavy atom. The molecule has 0 spiro atoms. The minimum atomic E-state index is -0.216. The standard InChI is InChI=1S/C9H12N2O2S/c1-5-3-7(6(2)13-5)9(12)11-4-8(10)14/h3H,4H2,1-2H3,(H2,10,14)(H,11,12). The second kappa shape index (κ2) is 4.23.